The zero-order chi connectivity index (χ0) is 13.9. The minimum atomic E-state index is -4.79. The summed E-state index contributed by atoms with van der Waals surface area (Å²) in [6.45, 7) is -0.961. The van der Waals surface area contributed by atoms with E-state index in [1.165, 1.54) is 0 Å². The Morgan fingerprint density at radius 2 is 2.06 bits per heavy atom. The van der Waals surface area contributed by atoms with Crippen LogP contribution in [-0.2, 0) is 0 Å². The second-order valence-corrected chi connectivity index (χ2v) is 4.25. The summed E-state index contributed by atoms with van der Waals surface area (Å²) in [6, 6.07) is 3.25. The Labute approximate surface area is 108 Å². The lowest BCUT2D eigenvalue weighted by Crippen LogP contribution is -2.40. The van der Waals surface area contributed by atoms with Crippen molar-refractivity contribution in [2.45, 2.75) is 12.3 Å². The minimum absolute atomic E-state index is 0.0161. The van der Waals surface area contributed by atoms with Gasteiger partial charge in [0.1, 0.15) is 5.82 Å². The number of aliphatic hydroxyl groups excluding tert-OH is 1. The molecule has 0 aliphatic rings. The summed E-state index contributed by atoms with van der Waals surface area (Å²) >= 11 is 2.84. The Kier molecular flexibility index (Phi) is 4.69. The molecule has 0 saturated carbocycles. The lowest BCUT2D eigenvalue weighted by atomic mass is 10.2. The van der Waals surface area contributed by atoms with E-state index in [9.17, 15) is 22.4 Å². The summed E-state index contributed by atoms with van der Waals surface area (Å²) in [5.74, 6) is -1.43. The van der Waals surface area contributed by atoms with Gasteiger partial charge in [0.15, 0.2) is 6.10 Å². The monoisotopic (exact) mass is 329 g/mol. The first-order valence-corrected chi connectivity index (χ1v) is 5.49. The second-order valence-electron chi connectivity index (χ2n) is 3.40. The van der Waals surface area contributed by atoms with Gasteiger partial charge in [-0.3, -0.25) is 4.79 Å². The van der Waals surface area contributed by atoms with E-state index >= 15 is 0 Å². The first-order valence-electron chi connectivity index (χ1n) is 4.70. The minimum Gasteiger partial charge on any atom is -0.382 e. The summed E-state index contributed by atoms with van der Waals surface area (Å²) in [5.41, 5.74) is -0.0161. The molecule has 1 rings (SSSR count). The highest BCUT2D eigenvalue weighted by Gasteiger charge is 2.38. The van der Waals surface area contributed by atoms with Crippen LogP contribution in [-0.4, -0.2) is 29.8 Å². The lowest BCUT2D eigenvalue weighted by molar-refractivity contribution is -0.201. The number of hydrogen-bond acceptors (Lipinski definition) is 2. The number of amides is 1. The topological polar surface area (TPSA) is 49.3 Å². The molecule has 0 bridgehead atoms. The van der Waals surface area contributed by atoms with Crippen LogP contribution < -0.4 is 5.32 Å². The third-order valence-electron chi connectivity index (χ3n) is 2.02. The van der Waals surface area contributed by atoms with Gasteiger partial charge in [-0.05, 0) is 34.1 Å². The molecule has 1 atom stereocenters. The number of alkyl halides is 3. The van der Waals surface area contributed by atoms with Crippen LogP contribution in [0.4, 0.5) is 17.6 Å². The van der Waals surface area contributed by atoms with Crippen LogP contribution in [0.1, 0.15) is 10.4 Å². The maximum atomic E-state index is 12.9. The van der Waals surface area contributed by atoms with Crippen LogP contribution in [0.3, 0.4) is 0 Å². The third kappa shape index (κ3) is 3.95. The molecule has 0 aliphatic carbocycles. The molecule has 18 heavy (non-hydrogen) atoms. The zero-order valence-corrected chi connectivity index (χ0v) is 10.3. The molecule has 3 nitrogen and oxygen atoms in total. The molecule has 8 heteroatoms. The van der Waals surface area contributed by atoms with E-state index in [4.69, 9.17) is 5.11 Å². The summed E-state index contributed by atoms with van der Waals surface area (Å²) in [6.07, 6.45) is -7.43. The Hall–Kier alpha value is -1.15. The number of halogens is 5. The summed E-state index contributed by atoms with van der Waals surface area (Å²) in [5, 5.41) is 10.6. The molecule has 0 heterocycles. The Morgan fingerprint density at radius 3 is 2.56 bits per heavy atom. The standard InChI is InChI=1S/C10H8BrF4NO2/c11-6-3-5(1-2-7(6)12)9(18)16-4-8(17)10(13,14)15/h1-3,8,17H,4H2,(H,16,18). The number of carbonyl (C=O) groups is 1. The highest BCUT2D eigenvalue weighted by Crippen LogP contribution is 2.20. The molecule has 0 fully saturated rings. The molecule has 0 spiro atoms. The maximum Gasteiger partial charge on any atom is 0.416 e. The van der Waals surface area contributed by atoms with Crippen LogP contribution in [0.2, 0.25) is 0 Å². The van der Waals surface area contributed by atoms with E-state index in [0.717, 1.165) is 18.2 Å². The smallest absolute Gasteiger partial charge is 0.382 e. The lowest BCUT2D eigenvalue weighted by Gasteiger charge is -2.15. The highest BCUT2D eigenvalue weighted by atomic mass is 79.9. The van der Waals surface area contributed by atoms with E-state index in [-0.39, 0.29) is 10.0 Å². The Balaban J connectivity index is 2.63. The number of rotatable bonds is 3. The van der Waals surface area contributed by atoms with Gasteiger partial charge in [0.05, 0.1) is 11.0 Å². The van der Waals surface area contributed by atoms with Gasteiger partial charge in [0.25, 0.3) is 5.91 Å². The van der Waals surface area contributed by atoms with Crippen LogP contribution in [0.25, 0.3) is 0 Å². The summed E-state index contributed by atoms with van der Waals surface area (Å²) < 4.78 is 48.8. The van der Waals surface area contributed by atoms with Crippen LogP contribution >= 0.6 is 15.9 Å². The van der Waals surface area contributed by atoms with Crippen LogP contribution in [0.15, 0.2) is 22.7 Å². The number of hydrogen-bond donors (Lipinski definition) is 2. The van der Waals surface area contributed by atoms with Gasteiger partial charge in [-0.25, -0.2) is 4.39 Å². The number of nitrogens with one attached hydrogen (secondary N) is 1. The van der Waals surface area contributed by atoms with Gasteiger partial charge >= 0.3 is 6.18 Å². The fourth-order valence-corrected chi connectivity index (χ4v) is 1.42. The molecule has 0 aliphatic heterocycles. The molecule has 0 aromatic heterocycles. The normalized spacial score (nSPS) is 13.2. The van der Waals surface area contributed by atoms with Crippen molar-refractivity contribution in [1.82, 2.24) is 5.32 Å². The molecule has 100 valence electrons. The van der Waals surface area contributed by atoms with E-state index in [1.807, 2.05) is 5.32 Å². The van der Waals surface area contributed by atoms with E-state index < -0.39 is 30.5 Å². The second kappa shape index (κ2) is 5.66. The van der Waals surface area contributed by atoms with Crippen molar-refractivity contribution in [3.8, 4) is 0 Å². The summed E-state index contributed by atoms with van der Waals surface area (Å²) in [4.78, 5) is 11.4. The van der Waals surface area contributed by atoms with Crippen LogP contribution in [0, 0.1) is 5.82 Å². The summed E-state index contributed by atoms with van der Waals surface area (Å²) in [7, 11) is 0. The average Bonchev–Trinajstić information content (AvgIpc) is 2.27. The largest absolute Gasteiger partial charge is 0.416 e. The van der Waals surface area contributed by atoms with Crippen LogP contribution in [0.5, 0.6) is 0 Å². The van der Waals surface area contributed by atoms with Crippen molar-refractivity contribution in [2.24, 2.45) is 0 Å². The molecule has 1 unspecified atom stereocenters. The third-order valence-corrected chi connectivity index (χ3v) is 2.62. The van der Waals surface area contributed by atoms with Gasteiger partial charge in [-0.1, -0.05) is 0 Å². The Bertz CT molecular complexity index is 450. The Morgan fingerprint density at radius 1 is 1.44 bits per heavy atom. The van der Waals surface area contributed by atoms with E-state index in [1.54, 1.807) is 0 Å². The molecule has 1 amide bonds. The van der Waals surface area contributed by atoms with Crippen molar-refractivity contribution in [3.05, 3.63) is 34.1 Å². The molecule has 0 saturated heterocycles. The van der Waals surface area contributed by atoms with Gasteiger partial charge in [0, 0.05) is 5.56 Å². The number of carbonyl (C=O) groups excluding carboxylic acids is 1. The fraction of sp³-hybridized carbons (Fsp3) is 0.300. The van der Waals surface area contributed by atoms with Gasteiger partial charge in [0.2, 0.25) is 0 Å². The van der Waals surface area contributed by atoms with Gasteiger partial charge in [-0.15, -0.1) is 0 Å². The molecule has 1 aromatic carbocycles. The maximum absolute atomic E-state index is 12.9. The fourth-order valence-electron chi connectivity index (χ4n) is 1.04. The number of benzene rings is 1. The zero-order valence-electron chi connectivity index (χ0n) is 8.76. The predicted molar refractivity (Wildman–Crippen MR) is 58.5 cm³/mol. The predicted octanol–water partition coefficient (Wildman–Crippen LogP) is 2.24. The van der Waals surface area contributed by atoms with Crippen molar-refractivity contribution in [1.29, 1.82) is 0 Å². The van der Waals surface area contributed by atoms with Crippen molar-refractivity contribution in [2.75, 3.05) is 6.54 Å². The number of aliphatic hydroxyl groups is 1. The highest BCUT2D eigenvalue weighted by molar-refractivity contribution is 9.10. The molecular formula is C10H8BrF4NO2. The van der Waals surface area contributed by atoms with Crippen molar-refractivity contribution < 1.29 is 27.5 Å². The molecular weight excluding hydrogens is 322 g/mol. The first kappa shape index (κ1) is 14.9. The van der Waals surface area contributed by atoms with Crippen molar-refractivity contribution >= 4 is 21.8 Å². The van der Waals surface area contributed by atoms with E-state index in [2.05, 4.69) is 15.9 Å². The molecule has 2 N–H and O–H groups in total. The van der Waals surface area contributed by atoms with Gasteiger partial charge in [-0.2, -0.15) is 13.2 Å². The molecule has 1 aromatic rings. The SMILES string of the molecule is O=C(NCC(O)C(F)(F)F)c1ccc(F)c(Br)c1. The van der Waals surface area contributed by atoms with E-state index in [0.29, 0.717) is 0 Å². The quantitative estimate of drug-likeness (QED) is 0.835. The van der Waals surface area contributed by atoms with Gasteiger partial charge < -0.3 is 10.4 Å². The average molecular weight is 330 g/mol. The molecule has 0 radical (unpaired) electrons. The first-order chi connectivity index (χ1) is 8.21. The van der Waals surface area contributed by atoms with Crippen molar-refractivity contribution in [3.63, 3.8) is 0 Å².